The van der Waals surface area contributed by atoms with Crippen LogP contribution in [-0.2, 0) is 11.2 Å². The van der Waals surface area contributed by atoms with Crippen LogP contribution in [0.5, 0.6) is 5.75 Å². The first-order valence-electron chi connectivity index (χ1n) is 7.66. The molecule has 0 aliphatic heterocycles. The monoisotopic (exact) mass is 346 g/mol. The minimum absolute atomic E-state index is 0.0245. The number of nitro benzene ring substituents is 1. The number of hydrogen-bond acceptors (Lipinski definition) is 4. The van der Waals surface area contributed by atoms with Crippen LogP contribution in [0.15, 0.2) is 42.5 Å². The fourth-order valence-electron chi connectivity index (χ4n) is 2.46. The van der Waals surface area contributed by atoms with E-state index in [0.717, 1.165) is 0 Å². The zero-order valence-corrected chi connectivity index (χ0v) is 14.2. The van der Waals surface area contributed by atoms with Crippen LogP contribution >= 0.6 is 0 Å². The lowest BCUT2D eigenvalue weighted by Crippen LogP contribution is -2.31. The summed E-state index contributed by atoms with van der Waals surface area (Å²) in [7, 11) is 2.99. The molecule has 7 heteroatoms. The number of amides is 1. The van der Waals surface area contributed by atoms with E-state index in [1.807, 2.05) is 0 Å². The quantitative estimate of drug-likeness (QED) is 0.593. The van der Waals surface area contributed by atoms with Gasteiger partial charge < -0.3 is 9.64 Å². The van der Waals surface area contributed by atoms with Crippen molar-refractivity contribution in [2.75, 3.05) is 14.2 Å². The highest BCUT2D eigenvalue weighted by Gasteiger charge is 2.20. The summed E-state index contributed by atoms with van der Waals surface area (Å²) in [6.07, 6.45) is 0.0245. The summed E-state index contributed by atoms with van der Waals surface area (Å²) in [6, 6.07) is 10.2. The Balaban J connectivity index is 2.12. The van der Waals surface area contributed by atoms with Crippen molar-refractivity contribution in [1.82, 2.24) is 4.90 Å². The number of hydrogen-bond donors (Lipinski definition) is 0. The van der Waals surface area contributed by atoms with Crippen LogP contribution in [0, 0.1) is 15.9 Å². The Morgan fingerprint density at radius 1 is 1.32 bits per heavy atom. The average molecular weight is 346 g/mol. The van der Waals surface area contributed by atoms with E-state index in [9.17, 15) is 19.3 Å². The second-order valence-electron chi connectivity index (χ2n) is 5.68. The van der Waals surface area contributed by atoms with Gasteiger partial charge in [-0.05, 0) is 30.2 Å². The molecule has 0 radical (unpaired) electrons. The van der Waals surface area contributed by atoms with Crippen molar-refractivity contribution >= 4 is 11.6 Å². The molecule has 1 amide bonds. The summed E-state index contributed by atoms with van der Waals surface area (Å²) in [6.45, 7) is 1.78. The van der Waals surface area contributed by atoms with Gasteiger partial charge in [0.1, 0.15) is 0 Å². The lowest BCUT2D eigenvalue weighted by molar-refractivity contribution is -0.384. The van der Waals surface area contributed by atoms with Crippen LogP contribution in [0.25, 0.3) is 0 Å². The number of halogens is 1. The van der Waals surface area contributed by atoms with Crippen LogP contribution < -0.4 is 4.74 Å². The molecule has 2 rings (SSSR count). The molecular weight excluding hydrogens is 327 g/mol. The van der Waals surface area contributed by atoms with Gasteiger partial charge in [-0.3, -0.25) is 14.9 Å². The third-order valence-corrected chi connectivity index (χ3v) is 4.11. The number of ether oxygens (including phenoxy) is 1. The van der Waals surface area contributed by atoms with Crippen molar-refractivity contribution in [1.29, 1.82) is 0 Å². The molecule has 2 aromatic rings. The van der Waals surface area contributed by atoms with Gasteiger partial charge in [-0.2, -0.15) is 0 Å². The van der Waals surface area contributed by atoms with Crippen molar-refractivity contribution in [3.05, 3.63) is 69.5 Å². The second-order valence-corrected chi connectivity index (χ2v) is 5.68. The van der Waals surface area contributed by atoms with E-state index in [2.05, 4.69) is 0 Å². The molecule has 6 nitrogen and oxygen atoms in total. The first-order valence-corrected chi connectivity index (χ1v) is 7.66. The van der Waals surface area contributed by atoms with Gasteiger partial charge >= 0.3 is 0 Å². The molecule has 1 atom stereocenters. The Morgan fingerprint density at radius 2 is 2.04 bits per heavy atom. The minimum Gasteiger partial charge on any atom is -0.494 e. The SMILES string of the molecule is COc1ccc(CC(=O)N(C)[C@@H](C)c2cccc([N+](=O)[O-])c2)cc1F. The van der Waals surface area contributed by atoms with Crippen molar-refractivity contribution < 1.29 is 18.8 Å². The van der Waals surface area contributed by atoms with E-state index < -0.39 is 10.7 Å². The standard InChI is InChI=1S/C18H19FN2O4/c1-12(14-5-4-6-15(11-14)21(23)24)20(2)18(22)10-13-7-8-17(25-3)16(19)9-13/h4-9,11-12H,10H2,1-3H3/t12-/m0/s1. The zero-order chi connectivity index (χ0) is 18.6. The first kappa shape index (κ1) is 18.4. The van der Waals surface area contributed by atoms with Crippen LogP contribution in [0.2, 0.25) is 0 Å². The number of carbonyl (C=O) groups excluding carboxylic acids is 1. The lowest BCUT2D eigenvalue weighted by Gasteiger charge is -2.25. The molecule has 0 heterocycles. The third-order valence-electron chi connectivity index (χ3n) is 4.11. The molecule has 0 unspecified atom stereocenters. The van der Waals surface area contributed by atoms with Gasteiger partial charge in [0.25, 0.3) is 5.69 Å². The normalized spacial score (nSPS) is 11.7. The number of non-ortho nitro benzene ring substituents is 1. The summed E-state index contributed by atoms with van der Waals surface area (Å²) in [5, 5.41) is 10.9. The van der Waals surface area contributed by atoms with Gasteiger partial charge in [0.2, 0.25) is 5.91 Å². The van der Waals surface area contributed by atoms with E-state index in [0.29, 0.717) is 11.1 Å². The summed E-state index contributed by atoms with van der Waals surface area (Å²) in [4.78, 5) is 24.3. The smallest absolute Gasteiger partial charge is 0.269 e. The number of methoxy groups -OCH3 is 1. The van der Waals surface area contributed by atoms with E-state index in [-0.39, 0.29) is 29.8 Å². The highest BCUT2D eigenvalue weighted by atomic mass is 19.1. The summed E-state index contributed by atoms with van der Waals surface area (Å²) in [5.74, 6) is -0.625. The molecule has 0 saturated heterocycles. The average Bonchev–Trinajstić information content (AvgIpc) is 2.60. The number of likely N-dealkylation sites (N-methyl/N-ethyl adjacent to an activating group) is 1. The topological polar surface area (TPSA) is 72.7 Å². The van der Waals surface area contributed by atoms with Crippen LogP contribution in [0.3, 0.4) is 0 Å². The molecular formula is C18H19FN2O4. The fraction of sp³-hybridized carbons (Fsp3) is 0.278. The predicted molar refractivity (Wildman–Crippen MR) is 90.9 cm³/mol. The van der Waals surface area contributed by atoms with Gasteiger partial charge in [0.15, 0.2) is 11.6 Å². The van der Waals surface area contributed by atoms with Crippen molar-refractivity contribution in [3.63, 3.8) is 0 Å². The van der Waals surface area contributed by atoms with Gasteiger partial charge in [-0.1, -0.05) is 18.2 Å². The maximum Gasteiger partial charge on any atom is 0.269 e. The van der Waals surface area contributed by atoms with E-state index in [1.54, 1.807) is 32.2 Å². The Morgan fingerprint density at radius 3 is 2.64 bits per heavy atom. The molecule has 132 valence electrons. The lowest BCUT2D eigenvalue weighted by atomic mass is 10.1. The second kappa shape index (κ2) is 7.74. The zero-order valence-electron chi connectivity index (χ0n) is 14.2. The van der Waals surface area contributed by atoms with Crippen LogP contribution in [0.4, 0.5) is 10.1 Å². The fourth-order valence-corrected chi connectivity index (χ4v) is 2.46. The van der Waals surface area contributed by atoms with Gasteiger partial charge in [0.05, 0.1) is 24.5 Å². The van der Waals surface area contributed by atoms with Crippen molar-refractivity contribution in [3.8, 4) is 5.75 Å². The molecule has 0 saturated carbocycles. The molecule has 0 spiro atoms. The first-order chi connectivity index (χ1) is 11.8. The Kier molecular flexibility index (Phi) is 5.69. The molecule has 0 fully saturated rings. The van der Waals surface area contributed by atoms with Gasteiger partial charge in [-0.15, -0.1) is 0 Å². The van der Waals surface area contributed by atoms with Gasteiger partial charge in [0, 0.05) is 19.2 Å². The molecule has 2 aromatic carbocycles. The van der Waals surface area contributed by atoms with Crippen molar-refractivity contribution in [2.45, 2.75) is 19.4 Å². The maximum absolute atomic E-state index is 13.7. The number of nitrogens with zero attached hydrogens (tertiary/aromatic N) is 2. The van der Waals surface area contributed by atoms with E-state index >= 15 is 0 Å². The Labute approximate surface area is 145 Å². The van der Waals surface area contributed by atoms with E-state index in [1.165, 1.54) is 36.3 Å². The number of carbonyl (C=O) groups is 1. The van der Waals surface area contributed by atoms with E-state index in [4.69, 9.17) is 4.74 Å². The van der Waals surface area contributed by atoms with Crippen LogP contribution in [-0.4, -0.2) is 29.9 Å². The van der Waals surface area contributed by atoms with Gasteiger partial charge in [-0.25, -0.2) is 4.39 Å². The molecule has 25 heavy (non-hydrogen) atoms. The number of rotatable bonds is 6. The largest absolute Gasteiger partial charge is 0.494 e. The summed E-state index contributed by atoms with van der Waals surface area (Å²) in [5.41, 5.74) is 1.16. The minimum atomic E-state index is -0.526. The highest BCUT2D eigenvalue weighted by Crippen LogP contribution is 2.24. The molecule has 0 bridgehead atoms. The summed E-state index contributed by atoms with van der Waals surface area (Å²) < 4.78 is 18.6. The Hall–Kier alpha value is -2.96. The summed E-state index contributed by atoms with van der Waals surface area (Å²) >= 11 is 0. The number of benzene rings is 2. The molecule has 0 aliphatic rings. The molecule has 0 N–H and O–H groups in total. The maximum atomic E-state index is 13.7. The number of nitro groups is 1. The Bertz CT molecular complexity index is 794. The molecule has 0 aliphatic carbocycles. The predicted octanol–water partition coefficient (Wildman–Crippen LogP) is 3.50. The molecule has 0 aromatic heterocycles. The van der Waals surface area contributed by atoms with Crippen molar-refractivity contribution in [2.24, 2.45) is 0 Å². The highest BCUT2D eigenvalue weighted by molar-refractivity contribution is 5.79. The third kappa shape index (κ3) is 4.32. The van der Waals surface area contributed by atoms with Crippen LogP contribution in [0.1, 0.15) is 24.1 Å².